The van der Waals surface area contributed by atoms with E-state index >= 15 is 0 Å². The normalized spacial score (nSPS) is 12.3. The fourth-order valence-electron chi connectivity index (χ4n) is 1.60. The lowest BCUT2D eigenvalue weighted by Gasteiger charge is -2.11. The summed E-state index contributed by atoms with van der Waals surface area (Å²) in [5, 5.41) is 8.74. The number of hydrogen-bond acceptors (Lipinski definition) is 3. The van der Waals surface area contributed by atoms with Crippen molar-refractivity contribution in [2.45, 2.75) is 19.6 Å². The molecule has 0 bridgehead atoms. The first-order chi connectivity index (χ1) is 9.08. The van der Waals surface area contributed by atoms with Gasteiger partial charge in [-0.1, -0.05) is 18.2 Å². The first-order valence-corrected chi connectivity index (χ1v) is 5.76. The molecule has 1 aromatic carbocycles. The predicted octanol–water partition coefficient (Wildman–Crippen LogP) is 3.39. The Morgan fingerprint density at radius 3 is 2.74 bits per heavy atom. The lowest BCUT2D eigenvalue weighted by molar-refractivity contribution is 0.0347. The molecule has 1 atom stereocenters. The average molecular weight is 264 g/mol. The summed E-state index contributed by atoms with van der Waals surface area (Å²) >= 11 is 0. The van der Waals surface area contributed by atoms with Crippen molar-refractivity contribution in [3.63, 3.8) is 0 Å². The average Bonchev–Trinajstić information content (AvgIpc) is 2.87. The van der Waals surface area contributed by atoms with E-state index in [0.717, 1.165) is 0 Å². The molecule has 0 amide bonds. The Morgan fingerprint density at radius 2 is 2.11 bits per heavy atom. The van der Waals surface area contributed by atoms with Crippen LogP contribution in [0, 0.1) is 5.82 Å². The molecule has 5 heteroatoms. The maximum Gasteiger partial charge on any atom is 0.371 e. The first kappa shape index (κ1) is 13.3. The van der Waals surface area contributed by atoms with Crippen molar-refractivity contribution in [2.24, 2.45) is 0 Å². The monoisotopic (exact) mass is 264 g/mol. The third-order valence-electron chi connectivity index (χ3n) is 2.68. The van der Waals surface area contributed by atoms with Gasteiger partial charge in [-0.05, 0) is 25.1 Å². The highest BCUT2D eigenvalue weighted by Crippen LogP contribution is 2.21. The number of carboxylic acid groups (broad SMARTS) is 1. The lowest BCUT2D eigenvalue weighted by Crippen LogP contribution is -2.01. The fourth-order valence-corrected chi connectivity index (χ4v) is 1.60. The van der Waals surface area contributed by atoms with Crippen molar-refractivity contribution in [3.8, 4) is 0 Å². The third-order valence-corrected chi connectivity index (χ3v) is 2.68. The van der Waals surface area contributed by atoms with Gasteiger partial charge < -0.3 is 14.3 Å². The summed E-state index contributed by atoms with van der Waals surface area (Å²) in [6.45, 7) is 1.81. The second kappa shape index (κ2) is 5.67. The van der Waals surface area contributed by atoms with Crippen LogP contribution in [0.2, 0.25) is 0 Å². The van der Waals surface area contributed by atoms with E-state index in [1.807, 2.05) is 0 Å². The molecule has 0 aliphatic heterocycles. The summed E-state index contributed by atoms with van der Waals surface area (Å²) in [6, 6.07) is 9.22. The number of furan rings is 1. The van der Waals surface area contributed by atoms with E-state index < -0.39 is 12.1 Å². The van der Waals surface area contributed by atoms with Crippen molar-refractivity contribution in [1.29, 1.82) is 0 Å². The summed E-state index contributed by atoms with van der Waals surface area (Å²) in [5.74, 6) is -1.21. The standard InChI is InChI=1S/C14H13FO4/c1-9(12-6-7-13(19-12)14(16)17)18-8-10-4-2-3-5-11(10)15/h2-7,9H,8H2,1H3,(H,16,17). The largest absolute Gasteiger partial charge is 0.475 e. The topological polar surface area (TPSA) is 59.7 Å². The van der Waals surface area contributed by atoms with Crippen molar-refractivity contribution in [1.82, 2.24) is 0 Å². The van der Waals surface area contributed by atoms with Gasteiger partial charge in [-0.15, -0.1) is 0 Å². The van der Waals surface area contributed by atoms with Gasteiger partial charge in [0, 0.05) is 5.56 Å². The molecule has 2 rings (SSSR count). The van der Waals surface area contributed by atoms with Gasteiger partial charge in [-0.25, -0.2) is 9.18 Å². The highest BCUT2D eigenvalue weighted by Gasteiger charge is 2.15. The maximum atomic E-state index is 13.4. The number of hydrogen-bond donors (Lipinski definition) is 1. The number of benzene rings is 1. The molecule has 1 heterocycles. The number of rotatable bonds is 5. The molecule has 0 radical (unpaired) electrons. The van der Waals surface area contributed by atoms with Crippen molar-refractivity contribution < 1.29 is 23.4 Å². The van der Waals surface area contributed by atoms with Gasteiger partial charge >= 0.3 is 5.97 Å². The zero-order chi connectivity index (χ0) is 13.8. The predicted molar refractivity (Wildman–Crippen MR) is 65.3 cm³/mol. The summed E-state index contributed by atoms with van der Waals surface area (Å²) in [5.41, 5.74) is 0.444. The molecule has 0 spiro atoms. The third kappa shape index (κ3) is 3.20. The Morgan fingerprint density at radius 1 is 1.37 bits per heavy atom. The van der Waals surface area contributed by atoms with Crippen molar-refractivity contribution in [2.75, 3.05) is 0 Å². The molecular formula is C14H13FO4. The van der Waals surface area contributed by atoms with E-state index in [1.165, 1.54) is 18.2 Å². The SMILES string of the molecule is CC(OCc1ccccc1F)c1ccc(C(=O)O)o1. The van der Waals surface area contributed by atoms with Gasteiger partial charge in [-0.3, -0.25) is 0 Å². The number of carbonyl (C=O) groups is 1. The minimum atomic E-state index is -1.13. The highest BCUT2D eigenvalue weighted by molar-refractivity contribution is 5.84. The molecule has 0 fully saturated rings. The fraction of sp³-hybridized carbons (Fsp3) is 0.214. The van der Waals surface area contributed by atoms with Crippen LogP contribution in [0.1, 0.15) is 34.9 Å². The van der Waals surface area contributed by atoms with Crippen LogP contribution in [0.5, 0.6) is 0 Å². The first-order valence-electron chi connectivity index (χ1n) is 5.76. The van der Waals surface area contributed by atoms with E-state index in [0.29, 0.717) is 11.3 Å². The van der Waals surface area contributed by atoms with E-state index in [9.17, 15) is 9.18 Å². The zero-order valence-corrected chi connectivity index (χ0v) is 10.3. The van der Waals surface area contributed by atoms with Crippen LogP contribution in [0.25, 0.3) is 0 Å². The van der Waals surface area contributed by atoms with Gasteiger partial charge in [0.1, 0.15) is 17.7 Å². The Balaban J connectivity index is 1.99. The van der Waals surface area contributed by atoms with E-state index in [-0.39, 0.29) is 18.2 Å². The quantitative estimate of drug-likeness (QED) is 0.899. The zero-order valence-electron chi connectivity index (χ0n) is 10.3. The van der Waals surface area contributed by atoms with E-state index in [1.54, 1.807) is 25.1 Å². The second-order valence-corrected chi connectivity index (χ2v) is 4.05. The Bertz CT molecular complexity index is 576. The van der Waals surface area contributed by atoms with Crippen LogP contribution in [0.15, 0.2) is 40.8 Å². The molecule has 1 aromatic heterocycles. The Kier molecular flexibility index (Phi) is 3.97. The Hall–Kier alpha value is -2.14. The molecule has 0 aliphatic rings. The van der Waals surface area contributed by atoms with Crippen LogP contribution >= 0.6 is 0 Å². The van der Waals surface area contributed by atoms with E-state index in [2.05, 4.69) is 0 Å². The summed E-state index contributed by atoms with van der Waals surface area (Å²) in [4.78, 5) is 10.7. The minimum absolute atomic E-state index is 0.0942. The molecule has 4 nitrogen and oxygen atoms in total. The van der Waals surface area contributed by atoms with Gasteiger partial charge in [-0.2, -0.15) is 0 Å². The molecule has 1 unspecified atom stereocenters. The van der Waals surface area contributed by atoms with Crippen LogP contribution in [-0.2, 0) is 11.3 Å². The van der Waals surface area contributed by atoms with Gasteiger partial charge in [0.05, 0.1) is 6.61 Å². The second-order valence-electron chi connectivity index (χ2n) is 4.05. The van der Waals surface area contributed by atoms with Crippen molar-refractivity contribution >= 4 is 5.97 Å². The van der Waals surface area contributed by atoms with Gasteiger partial charge in [0.2, 0.25) is 5.76 Å². The molecule has 100 valence electrons. The number of carboxylic acids is 1. The number of ether oxygens (including phenoxy) is 1. The maximum absolute atomic E-state index is 13.4. The molecule has 1 N–H and O–H groups in total. The van der Waals surface area contributed by atoms with Crippen LogP contribution in [0.3, 0.4) is 0 Å². The molecule has 19 heavy (non-hydrogen) atoms. The van der Waals surface area contributed by atoms with E-state index in [4.69, 9.17) is 14.3 Å². The lowest BCUT2D eigenvalue weighted by atomic mass is 10.2. The molecule has 0 aliphatic carbocycles. The van der Waals surface area contributed by atoms with Crippen LogP contribution < -0.4 is 0 Å². The molecule has 0 saturated heterocycles. The molecule has 0 saturated carbocycles. The van der Waals surface area contributed by atoms with Gasteiger partial charge in [0.25, 0.3) is 0 Å². The molecule has 2 aromatic rings. The smallest absolute Gasteiger partial charge is 0.371 e. The van der Waals surface area contributed by atoms with Crippen LogP contribution in [-0.4, -0.2) is 11.1 Å². The van der Waals surface area contributed by atoms with Crippen LogP contribution in [0.4, 0.5) is 4.39 Å². The summed E-state index contributed by atoms with van der Waals surface area (Å²) in [7, 11) is 0. The number of halogens is 1. The van der Waals surface area contributed by atoms with Gasteiger partial charge in [0.15, 0.2) is 0 Å². The number of aromatic carboxylic acids is 1. The Labute approximate surface area is 109 Å². The highest BCUT2D eigenvalue weighted by atomic mass is 19.1. The molecular weight excluding hydrogens is 251 g/mol. The van der Waals surface area contributed by atoms with Crippen molar-refractivity contribution in [3.05, 3.63) is 59.3 Å². The summed E-state index contributed by atoms with van der Waals surface area (Å²) < 4.78 is 23.9. The summed E-state index contributed by atoms with van der Waals surface area (Å²) in [6.07, 6.45) is -0.451. The minimum Gasteiger partial charge on any atom is -0.475 e.